The van der Waals surface area contributed by atoms with Crippen molar-refractivity contribution in [1.29, 1.82) is 0 Å². The molecule has 0 saturated carbocycles. The van der Waals surface area contributed by atoms with Gasteiger partial charge >= 0.3 is 0 Å². The van der Waals surface area contributed by atoms with Crippen molar-refractivity contribution in [3.8, 4) is 0 Å². The minimum absolute atomic E-state index is 0.0174. The van der Waals surface area contributed by atoms with E-state index in [0.29, 0.717) is 4.64 Å². The lowest BCUT2D eigenvalue weighted by Crippen LogP contribution is -1.87. The summed E-state index contributed by atoms with van der Waals surface area (Å²) in [5, 5.41) is 10.1. The second-order valence-corrected chi connectivity index (χ2v) is 2.11. The number of nitro groups is 1. The predicted octanol–water partition coefficient (Wildman–Crippen LogP) is 1.65. The van der Waals surface area contributed by atoms with Gasteiger partial charge in [-0.15, -0.1) is 0 Å². The van der Waals surface area contributed by atoms with Gasteiger partial charge in [0.05, 0.1) is 11.0 Å². The molecule has 0 bridgehead atoms. The van der Waals surface area contributed by atoms with E-state index in [9.17, 15) is 10.1 Å². The maximum atomic E-state index is 10.1. The minimum Gasteiger partial charge on any atom is -0.352 e. The van der Waals surface area contributed by atoms with Crippen molar-refractivity contribution in [3.63, 3.8) is 0 Å². The van der Waals surface area contributed by atoms with Gasteiger partial charge in [0.25, 0.3) is 5.69 Å². The summed E-state index contributed by atoms with van der Waals surface area (Å²) in [6, 6.07) is 2.66. The Morgan fingerprint density at radius 3 is 2.80 bits per heavy atom. The molecule has 1 heterocycles. The lowest BCUT2D eigenvalue weighted by molar-refractivity contribution is -0.385. The second kappa shape index (κ2) is 2.57. The number of hydrogen-bond donors (Lipinski definition) is 1. The summed E-state index contributed by atoms with van der Waals surface area (Å²) in [6.07, 6.45) is 1.44. The molecule has 1 aromatic heterocycles. The molecule has 1 aromatic rings. The standard InChI is InChI=1S/C5H4N2O2S/c8-7(9)4-1-2-6-5(10)3-4/h1-3H,(H,6,10). The molecular weight excluding hydrogens is 152 g/mol. The van der Waals surface area contributed by atoms with Crippen LogP contribution in [0.3, 0.4) is 0 Å². The van der Waals surface area contributed by atoms with Crippen molar-refractivity contribution >= 4 is 17.9 Å². The molecule has 0 radical (unpaired) electrons. The fraction of sp³-hybridized carbons (Fsp3) is 0. The highest BCUT2D eigenvalue weighted by Crippen LogP contribution is 2.06. The maximum Gasteiger partial charge on any atom is 0.273 e. The molecule has 0 aromatic carbocycles. The van der Waals surface area contributed by atoms with Crippen LogP contribution in [0.15, 0.2) is 18.3 Å². The highest BCUT2D eigenvalue weighted by molar-refractivity contribution is 7.71. The van der Waals surface area contributed by atoms with Crippen LogP contribution in [0.4, 0.5) is 5.69 Å². The number of rotatable bonds is 1. The summed E-state index contributed by atoms with van der Waals surface area (Å²) in [4.78, 5) is 12.3. The first-order valence-electron chi connectivity index (χ1n) is 2.53. The van der Waals surface area contributed by atoms with Crippen LogP contribution >= 0.6 is 12.2 Å². The van der Waals surface area contributed by atoms with Gasteiger partial charge in [-0.3, -0.25) is 10.1 Å². The Balaban J connectivity index is 3.20. The molecule has 0 saturated heterocycles. The minimum atomic E-state index is -0.482. The molecule has 0 aliphatic heterocycles. The lowest BCUT2D eigenvalue weighted by Gasteiger charge is -1.87. The fourth-order valence-electron chi connectivity index (χ4n) is 0.547. The molecule has 1 N–H and O–H groups in total. The highest BCUT2D eigenvalue weighted by atomic mass is 32.1. The Kier molecular flexibility index (Phi) is 1.77. The zero-order valence-electron chi connectivity index (χ0n) is 4.90. The molecule has 0 fully saturated rings. The largest absolute Gasteiger partial charge is 0.352 e. The smallest absolute Gasteiger partial charge is 0.273 e. The van der Waals surface area contributed by atoms with Gasteiger partial charge in [0, 0.05) is 12.3 Å². The van der Waals surface area contributed by atoms with E-state index in [1.54, 1.807) is 0 Å². The van der Waals surface area contributed by atoms with Crippen molar-refractivity contribution in [3.05, 3.63) is 33.1 Å². The van der Waals surface area contributed by atoms with Gasteiger partial charge < -0.3 is 4.98 Å². The van der Waals surface area contributed by atoms with E-state index in [4.69, 9.17) is 0 Å². The zero-order valence-corrected chi connectivity index (χ0v) is 5.72. The summed E-state index contributed by atoms with van der Waals surface area (Å²) in [5.74, 6) is 0. The molecule has 0 spiro atoms. The number of hydrogen-bond acceptors (Lipinski definition) is 3. The molecule has 5 heteroatoms. The molecule has 0 amide bonds. The van der Waals surface area contributed by atoms with Crippen molar-refractivity contribution < 1.29 is 4.92 Å². The molecular formula is C5H4N2O2S. The molecule has 0 aliphatic carbocycles. The normalized spacial score (nSPS) is 9.20. The number of pyridine rings is 1. The van der Waals surface area contributed by atoms with E-state index >= 15 is 0 Å². The summed E-state index contributed by atoms with van der Waals surface area (Å²) >= 11 is 4.66. The summed E-state index contributed by atoms with van der Waals surface area (Å²) in [6.45, 7) is 0. The van der Waals surface area contributed by atoms with Crippen molar-refractivity contribution in [2.24, 2.45) is 0 Å². The third-order valence-electron chi connectivity index (χ3n) is 0.969. The van der Waals surface area contributed by atoms with E-state index in [2.05, 4.69) is 17.2 Å². The van der Waals surface area contributed by atoms with Crippen LogP contribution in [-0.4, -0.2) is 9.91 Å². The predicted molar refractivity (Wildman–Crippen MR) is 38.3 cm³/mol. The SMILES string of the molecule is O=[N+]([O-])c1cc[nH]c(=S)c1. The van der Waals surface area contributed by atoms with Gasteiger partial charge in [0.2, 0.25) is 0 Å². The van der Waals surface area contributed by atoms with Gasteiger partial charge in [-0.25, -0.2) is 0 Å². The van der Waals surface area contributed by atoms with Crippen molar-refractivity contribution in [2.45, 2.75) is 0 Å². The van der Waals surface area contributed by atoms with Crippen LogP contribution in [-0.2, 0) is 0 Å². The van der Waals surface area contributed by atoms with Crippen LogP contribution in [0.1, 0.15) is 0 Å². The van der Waals surface area contributed by atoms with Crippen molar-refractivity contribution in [2.75, 3.05) is 0 Å². The molecule has 4 nitrogen and oxygen atoms in total. The monoisotopic (exact) mass is 156 g/mol. The van der Waals surface area contributed by atoms with E-state index in [-0.39, 0.29) is 5.69 Å². The first-order chi connectivity index (χ1) is 4.70. The van der Waals surface area contributed by atoms with Gasteiger partial charge in [0.1, 0.15) is 4.64 Å². The second-order valence-electron chi connectivity index (χ2n) is 1.67. The number of nitrogens with zero attached hydrogens (tertiary/aromatic N) is 1. The Morgan fingerprint density at radius 1 is 1.70 bits per heavy atom. The third kappa shape index (κ3) is 1.38. The molecule has 10 heavy (non-hydrogen) atoms. The lowest BCUT2D eigenvalue weighted by atomic mass is 10.4. The van der Waals surface area contributed by atoms with Crippen LogP contribution in [0.2, 0.25) is 0 Å². The van der Waals surface area contributed by atoms with Crippen LogP contribution in [0.5, 0.6) is 0 Å². The molecule has 0 aliphatic rings. The average Bonchev–Trinajstić information content (AvgIpc) is 1.88. The van der Waals surface area contributed by atoms with Gasteiger partial charge in [-0.2, -0.15) is 0 Å². The third-order valence-corrected chi connectivity index (χ3v) is 1.21. The number of aromatic amines is 1. The Labute approximate surface area is 61.7 Å². The highest BCUT2D eigenvalue weighted by Gasteiger charge is 2.00. The summed E-state index contributed by atoms with van der Waals surface area (Å²) in [7, 11) is 0. The van der Waals surface area contributed by atoms with Gasteiger partial charge in [-0.1, -0.05) is 12.2 Å². The van der Waals surface area contributed by atoms with E-state index in [1.807, 2.05) is 0 Å². The van der Waals surface area contributed by atoms with Gasteiger partial charge in [-0.05, 0) is 0 Å². The van der Waals surface area contributed by atoms with E-state index in [0.717, 1.165) is 0 Å². The Morgan fingerprint density at radius 2 is 2.40 bits per heavy atom. The Hall–Kier alpha value is -1.23. The van der Waals surface area contributed by atoms with Crippen molar-refractivity contribution in [1.82, 2.24) is 4.98 Å². The first-order valence-corrected chi connectivity index (χ1v) is 2.94. The first kappa shape index (κ1) is 6.88. The topological polar surface area (TPSA) is 58.9 Å². The molecule has 0 unspecified atom stereocenters. The number of aromatic nitrogens is 1. The summed E-state index contributed by atoms with van der Waals surface area (Å²) in [5.41, 5.74) is 0.0174. The summed E-state index contributed by atoms with van der Waals surface area (Å²) < 4.78 is 0.370. The fourth-order valence-corrected chi connectivity index (χ4v) is 0.736. The number of nitrogens with one attached hydrogen (secondary N) is 1. The molecule has 52 valence electrons. The van der Waals surface area contributed by atoms with E-state index in [1.165, 1.54) is 18.3 Å². The Bertz CT molecular complexity index is 307. The van der Waals surface area contributed by atoms with Gasteiger partial charge in [0.15, 0.2) is 0 Å². The molecule has 1 rings (SSSR count). The average molecular weight is 156 g/mol. The number of H-pyrrole nitrogens is 1. The molecule has 0 atom stereocenters. The maximum absolute atomic E-state index is 10.1. The van der Waals surface area contributed by atoms with Crippen LogP contribution < -0.4 is 0 Å². The quantitative estimate of drug-likeness (QED) is 0.382. The van der Waals surface area contributed by atoms with Crippen LogP contribution in [0, 0.1) is 14.8 Å². The zero-order chi connectivity index (χ0) is 7.56. The van der Waals surface area contributed by atoms with E-state index < -0.39 is 4.92 Å². The van der Waals surface area contributed by atoms with Crippen LogP contribution in [0.25, 0.3) is 0 Å².